The third kappa shape index (κ3) is 11.0. The van der Waals surface area contributed by atoms with Crippen LogP contribution >= 0.6 is 0 Å². The Hall–Kier alpha value is -6.02. The van der Waals surface area contributed by atoms with Crippen molar-refractivity contribution >= 4 is 55.8 Å². The average Bonchev–Trinajstić information content (AvgIpc) is 3.10. The Balaban J connectivity index is 0.000000183. The molecule has 0 aromatic heterocycles. The zero-order valence-electron chi connectivity index (χ0n) is 28.7. The van der Waals surface area contributed by atoms with Gasteiger partial charge in [0, 0.05) is 19.4 Å². The molecular formula is C41H40O8. The summed E-state index contributed by atoms with van der Waals surface area (Å²) >= 11 is 0. The van der Waals surface area contributed by atoms with E-state index in [1.165, 1.54) is 24.6 Å². The fourth-order valence-corrected chi connectivity index (χ4v) is 4.85. The Labute approximate surface area is 286 Å². The van der Waals surface area contributed by atoms with Crippen LogP contribution in [0, 0.1) is 0 Å². The van der Waals surface area contributed by atoms with Gasteiger partial charge in [0.15, 0.2) is 11.6 Å². The second-order valence-corrected chi connectivity index (χ2v) is 10.7. The summed E-state index contributed by atoms with van der Waals surface area (Å²) in [5, 5.41) is 6.62. The predicted molar refractivity (Wildman–Crippen MR) is 194 cm³/mol. The Morgan fingerprint density at radius 3 is 1.43 bits per heavy atom. The quantitative estimate of drug-likeness (QED) is 0.102. The smallest absolute Gasteiger partial charge is 0.310 e. The minimum Gasteiger partial charge on any atom is -0.497 e. The van der Waals surface area contributed by atoms with Gasteiger partial charge in [-0.25, -0.2) is 0 Å². The van der Waals surface area contributed by atoms with Crippen molar-refractivity contribution in [1.82, 2.24) is 0 Å². The molecule has 0 saturated carbocycles. The van der Waals surface area contributed by atoms with Gasteiger partial charge >= 0.3 is 11.9 Å². The number of esters is 2. The zero-order valence-corrected chi connectivity index (χ0v) is 28.7. The van der Waals surface area contributed by atoms with Gasteiger partial charge in [-0.05, 0) is 82.6 Å². The number of rotatable bonds is 5. The van der Waals surface area contributed by atoms with Crippen LogP contribution in [0.3, 0.4) is 0 Å². The summed E-state index contributed by atoms with van der Waals surface area (Å²) in [6.07, 6.45) is 0. The number of carbonyl (C=O) groups is 4. The van der Waals surface area contributed by atoms with Gasteiger partial charge in [-0.1, -0.05) is 78.9 Å². The molecule has 0 spiro atoms. The molecule has 6 rings (SSSR count). The molecule has 0 amide bonds. The summed E-state index contributed by atoms with van der Waals surface area (Å²) in [6.45, 7) is 5.50. The van der Waals surface area contributed by atoms with E-state index in [1.807, 2.05) is 97.1 Å². The maximum atomic E-state index is 11.6. The highest BCUT2D eigenvalue weighted by Gasteiger charge is 2.11. The lowest BCUT2D eigenvalue weighted by Gasteiger charge is -2.08. The van der Waals surface area contributed by atoms with Crippen molar-refractivity contribution in [1.29, 1.82) is 0 Å². The molecule has 49 heavy (non-hydrogen) atoms. The van der Waals surface area contributed by atoms with Crippen LogP contribution in [-0.2, 0) is 14.3 Å². The van der Waals surface area contributed by atoms with Gasteiger partial charge in [0.2, 0.25) is 0 Å². The third-order valence-electron chi connectivity index (χ3n) is 7.16. The maximum absolute atomic E-state index is 11.6. The number of ketones is 2. The highest BCUT2D eigenvalue weighted by molar-refractivity contribution is 6.09. The first-order valence-corrected chi connectivity index (χ1v) is 15.3. The molecule has 8 heteroatoms. The standard InChI is InChI=1S/2C13H12O2.C11H10O.C4H6O3/c1-9(14)10-3-4-12-8-13(15-2)6-5-11(12)7-10;1-9(14)13-11-6-4-3-5-10(11)7-8-12(13)15-2;1-12-11-7-6-9-4-2-3-5-10(9)8-11;1-3(5)7-4(2)6/h2*3-8H,1-2H3;2-8H,1H3;1-2H3. The maximum Gasteiger partial charge on any atom is 0.310 e. The molecule has 0 heterocycles. The highest BCUT2D eigenvalue weighted by Crippen LogP contribution is 2.28. The van der Waals surface area contributed by atoms with Gasteiger partial charge in [0.1, 0.15) is 17.2 Å². The molecule has 6 aromatic carbocycles. The van der Waals surface area contributed by atoms with E-state index in [4.69, 9.17) is 14.2 Å². The largest absolute Gasteiger partial charge is 0.497 e. The fraction of sp³-hybridized carbons (Fsp3) is 0.171. The molecule has 0 fully saturated rings. The number of benzene rings is 6. The number of methoxy groups -OCH3 is 3. The molecule has 0 N–H and O–H groups in total. The fourth-order valence-electron chi connectivity index (χ4n) is 4.85. The van der Waals surface area contributed by atoms with Crippen molar-refractivity contribution in [2.45, 2.75) is 27.7 Å². The van der Waals surface area contributed by atoms with Gasteiger partial charge in [-0.2, -0.15) is 0 Å². The van der Waals surface area contributed by atoms with E-state index in [0.29, 0.717) is 11.3 Å². The molecule has 0 atom stereocenters. The molecule has 0 aliphatic rings. The monoisotopic (exact) mass is 660 g/mol. The second-order valence-electron chi connectivity index (χ2n) is 10.7. The molecule has 252 valence electrons. The van der Waals surface area contributed by atoms with Gasteiger partial charge < -0.3 is 18.9 Å². The lowest BCUT2D eigenvalue weighted by atomic mass is 10.0. The van der Waals surface area contributed by atoms with Crippen LogP contribution in [-0.4, -0.2) is 44.8 Å². The van der Waals surface area contributed by atoms with Gasteiger partial charge in [0.05, 0.1) is 26.9 Å². The lowest BCUT2D eigenvalue weighted by Crippen LogP contribution is -2.03. The lowest BCUT2D eigenvalue weighted by molar-refractivity contribution is -0.156. The summed E-state index contributed by atoms with van der Waals surface area (Å²) in [6, 6.07) is 37.4. The zero-order chi connectivity index (χ0) is 35.9. The van der Waals surface area contributed by atoms with Gasteiger partial charge in [-0.15, -0.1) is 0 Å². The van der Waals surface area contributed by atoms with E-state index < -0.39 is 11.9 Å². The Kier molecular flexibility index (Phi) is 14.0. The molecule has 0 unspecified atom stereocenters. The first-order chi connectivity index (χ1) is 23.5. The number of hydrogen-bond donors (Lipinski definition) is 0. The second kappa shape index (κ2) is 18.4. The van der Waals surface area contributed by atoms with Crippen molar-refractivity contribution in [2.24, 2.45) is 0 Å². The Morgan fingerprint density at radius 2 is 0.918 bits per heavy atom. The SMILES string of the molecule is CC(=O)OC(C)=O.COc1ccc2cc(C(C)=O)ccc2c1.COc1ccc2ccccc2c1.COc1ccc2ccccc2c1C(C)=O. The summed E-state index contributed by atoms with van der Waals surface area (Å²) in [5.74, 6) is 1.38. The molecule has 0 bridgehead atoms. The Morgan fingerprint density at radius 1 is 0.449 bits per heavy atom. The average molecular weight is 661 g/mol. The first kappa shape index (κ1) is 37.4. The number of ether oxygens (including phenoxy) is 4. The van der Waals surface area contributed by atoms with Crippen LogP contribution in [0.1, 0.15) is 48.4 Å². The van der Waals surface area contributed by atoms with Crippen LogP contribution in [0.4, 0.5) is 0 Å². The van der Waals surface area contributed by atoms with E-state index >= 15 is 0 Å². The highest BCUT2D eigenvalue weighted by atomic mass is 16.6. The summed E-state index contributed by atoms with van der Waals surface area (Å²) < 4.78 is 19.4. The minimum atomic E-state index is -0.562. The number of carbonyl (C=O) groups excluding carboxylic acids is 4. The van der Waals surface area contributed by atoms with Crippen molar-refractivity contribution in [3.63, 3.8) is 0 Å². The molecule has 0 aliphatic carbocycles. The summed E-state index contributed by atoms with van der Waals surface area (Å²) in [4.78, 5) is 42.4. The third-order valence-corrected chi connectivity index (χ3v) is 7.16. The van der Waals surface area contributed by atoms with Crippen molar-refractivity contribution in [3.8, 4) is 17.2 Å². The van der Waals surface area contributed by atoms with Crippen LogP contribution in [0.15, 0.2) is 115 Å². The van der Waals surface area contributed by atoms with Gasteiger partial charge in [-0.3, -0.25) is 19.2 Å². The van der Waals surface area contributed by atoms with Crippen LogP contribution in [0.2, 0.25) is 0 Å². The summed E-state index contributed by atoms with van der Waals surface area (Å²) in [7, 11) is 4.91. The molecule has 0 aliphatic heterocycles. The molecular weight excluding hydrogens is 620 g/mol. The van der Waals surface area contributed by atoms with E-state index in [-0.39, 0.29) is 11.6 Å². The van der Waals surface area contributed by atoms with Gasteiger partial charge in [0.25, 0.3) is 0 Å². The minimum absolute atomic E-state index is 0.0312. The van der Waals surface area contributed by atoms with Crippen molar-refractivity contribution < 1.29 is 38.1 Å². The van der Waals surface area contributed by atoms with Crippen LogP contribution in [0.25, 0.3) is 32.3 Å². The topological polar surface area (TPSA) is 105 Å². The summed E-state index contributed by atoms with van der Waals surface area (Å²) in [5.41, 5.74) is 1.41. The van der Waals surface area contributed by atoms with E-state index in [1.54, 1.807) is 35.2 Å². The molecule has 6 aromatic rings. The number of hydrogen-bond acceptors (Lipinski definition) is 8. The first-order valence-electron chi connectivity index (χ1n) is 15.3. The van der Waals surface area contributed by atoms with Crippen molar-refractivity contribution in [3.05, 3.63) is 126 Å². The van der Waals surface area contributed by atoms with Crippen LogP contribution in [0.5, 0.6) is 17.2 Å². The molecule has 8 nitrogen and oxygen atoms in total. The number of fused-ring (bicyclic) bond motifs is 3. The predicted octanol–water partition coefficient (Wildman–Crippen LogP) is 9.05. The van der Waals surface area contributed by atoms with Crippen LogP contribution < -0.4 is 14.2 Å². The van der Waals surface area contributed by atoms with E-state index in [9.17, 15) is 19.2 Å². The number of Topliss-reactive ketones (excluding diaryl/α,β-unsaturated/α-hetero) is 2. The normalized spacial score (nSPS) is 9.86. The molecule has 0 radical (unpaired) electrons. The van der Waals surface area contributed by atoms with E-state index in [0.717, 1.165) is 38.6 Å². The molecule has 0 saturated heterocycles. The van der Waals surface area contributed by atoms with E-state index in [2.05, 4.69) is 22.9 Å². The van der Waals surface area contributed by atoms with Crippen molar-refractivity contribution in [2.75, 3.05) is 21.3 Å². The Bertz CT molecular complexity index is 2070.